The first-order valence-electron chi connectivity index (χ1n) is 12.9. The molecular formula is C27H48N2O. The summed E-state index contributed by atoms with van der Waals surface area (Å²) in [7, 11) is 6.58. The van der Waals surface area contributed by atoms with Gasteiger partial charge in [-0.25, -0.2) is 0 Å². The van der Waals surface area contributed by atoms with E-state index in [-0.39, 0.29) is 16.9 Å². The highest BCUT2D eigenvalue weighted by molar-refractivity contribution is 5.31. The van der Waals surface area contributed by atoms with E-state index in [0.717, 1.165) is 18.3 Å². The fourth-order valence-electron chi connectivity index (χ4n) is 11.2. The van der Waals surface area contributed by atoms with Crippen LogP contribution in [0, 0.1) is 44.8 Å². The molecule has 5 fully saturated rings. The van der Waals surface area contributed by atoms with Gasteiger partial charge in [-0.1, -0.05) is 27.7 Å². The Hall–Kier alpha value is -0.120. The summed E-state index contributed by atoms with van der Waals surface area (Å²) in [6.07, 6.45) is 10.7. The van der Waals surface area contributed by atoms with Crippen LogP contribution in [-0.2, 0) is 0 Å². The summed E-state index contributed by atoms with van der Waals surface area (Å²) in [5.74, 6) is 2.10. The van der Waals surface area contributed by atoms with Gasteiger partial charge in [0, 0.05) is 18.0 Å². The minimum atomic E-state index is -0.142. The van der Waals surface area contributed by atoms with Crippen LogP contribution in [0.25, 0.3) is 0 Å². The van der Waals surface area contributed by atoms with E-state index in [1.165, 1.54) is 44.9 Å². The standard InChI is InChI=1S/C27H48N2O/c1-17(29(7)8)22-18(30)15-25(5)20-10-9-19-23(2,3)21(28-6)11-12-26(19)16-27(20,26)14-13-24(22,25)4/h17-22,28,30H,9-16H2,1-8H3/t17-,18+,19-,20+,21+,22-,24+,25-,26+,27-/m0/s1. The molecule has 172 valence electrons. The highest BCUT2D eigenvalue weighted by atomic mass is 16.3. The van der Waals surface area contributed by atoms with E-state index in [4.69, 9.17) is 0 Å². The van der Waals surface area contributed by atoms with Crippen molar-refractivity contribution in [1.29, 1.82) is 0 Å². The van der Waals surface area contributed by atoms with Crippen LogP contribution in [0.2, 0.25) is 0 Å². The van der Waals surface area contributed by atoms with Crippen LogP contribution in [0.3, 0.4) is 0 Å². The van der Waals surface area contributed by atoms with E-state index in [1.54, 1.807) is 0 Å². The molecule has 0 aromatic rings. The molecule has 0 amide bonds. The molecule has 2 N–H and O–H groups in total. The van der Waals surface area contributed by atoms with Gasteiger partial charge in [0.2, 0.25) is 0 Å². The summed E-state index contributed by atoms with van der Waals surface area (Å²) < 4.78 is 0. The van der Waals surface area contributed by atoms with E-state index in [2.05, 4.69) is 66.0 Å². The molecule has 5 rings (SSSR count). The van der Waals surface area contributed by atoms with Crippen LogP contribution in [0.5, 0.6) is 0 Å². The van der Waals surface area contributed by atoms with Crippen molar-refractivity contribution in [3.63, 3.8) is 0 Å². The van der Waals surface area contributed by atoms with E-state index in [9.17, 15) is 5.11 Å². The summed E-state index contributed by atoms with van der Waals surface area (Å²) in [5, 5.41) is 15.1. The zero-order valence-electron chi connectivity index (χ0n) is 21.0. The Morgan fingerprint density at radius 2 is 1.53 bits per heavy atom. The number of hydrogen-bond donors (Lipinski definition) is 2. The second-order valence-corrected chi connectivity index (χ2v) is 13.7. The number of nitrogens with one attached hydrogen (secondary N) is 1. The highest BCUT2D eigenvalue weighted by Crippen LogP contribution is 2.88. The third kappa shape index (κ3) is 2.24. The Bertz CT molecular complexity index is 720. The van der Waals surface area contributed by atoms with E-state index >= 15 is 0 Å². The number of hydrogen-bond acceptors (Lipinski definition) is 3. The minimum absolute atomic E-state index is 0.142. The molecule has 0 heterocycles. The summed E-state index contributed by atoms with van der Waals surface area (Å²) in [4.78, 5) is 2.35. The van der Waals surface area contributed by atoms with Crippen molar-refractivity contribution in [2.24, 2.45) is 44.8 Å². The predicted octanol–water partition coefficient (Wildman–Crippen LogP) is 4.93. The lowest BCUT2D eigenvalue weighted by atomic mass is 9.42. The van der Waals surface area contributed by atoms with E-state index in [0.29, 0.717) is 34.2 Å². The van der Waals surface area contributed by atoms with Crippen molar-refractivity contribution in [2.45, 2.75) is 104 Å². The third-order valence-electron chi connectivity index (χ3n) is 12.9. The fraction of sp³-hybridized carbons (Fsp3) is 1.00. The maximum Gasteiger partial charge on any atom is 0.0594 e. The van der Waals surface area contributed by atoms with Gasteiger partial charge in [0.05, 0.1) is 6.10 Å². The van der Waals surface area contributed by atoms with Gasteiger partial charge >= 0.3 is 0 Å². The fourth-order valence-corrected chi connectivity index (χ4v) is 11.2. The summed E-state index contributed by atoms with van der Waals surface area (Å²) >= 11 is 0. The second kappa shape index (κ2) is 6.26. The van der Waals surface area contributed by atoms with Crippen LogP contribution in [-0.4, -0.2) is 49.3 Å². The largest absolute Gasteiger partial charge is 0.393 e. The molecule has 2 spiro atoms. The Labute approximate surface area is 185 Å². The topological polar surface area (TPSA) is 35.5 Å². The molecule has 30 heavy (non-hydrogen) atoms. The quantitative estimate of drug-likeness (QED) is 0.684. The summed E-state index contributed by atoms with van der Waals surface area (Å²) in [5.41, 5.74) is 2.14. The first-order valence-corrected chi connectivity index (χ1v) is 12.9. The molecule has 0 saturated heterocycles. The molecule has 0 aliphatic heterocycles. The monoisotopic (exact) mass is 416 g/mol. The molecule has 5 saturated carbocycles. The van der Waals surface area contributed by atoms with Crippen molar-refractivity contribution in [2.75, 3.05) is 21.1 Å². The molecule has 3 heteroatoms. The van der Waals surface area contributed by atoms with Crippen molar-refractivity contribution in [1.82, 2.24) is 10.2 Å². The van der Waals surface area contributed by atoms with Crippen LogP contribution >= 0.6 is 0 Å². The smallest absolute Gasteiger partial charge is 0.0594 e. The van der Waals surface area contributed by atoms with Crippen molar-refractivity contribution < 1.29 is 5.11 Å². The SMILES string of the molecule is CN[C@@H]1CC[C@]23C[C@]24CC[C@]2(C)[C@@H]([C@H](C)N(C)C)[C@H](O)C[C@@]2(C)[C@H]4CC[C@H]3C1(C)C. The van der Waals surface area contributed by atoms with Crippen LogP contribution in [0.15, 0.2) is 0 Å². The number of aliphatic hydroxyl groups is 1. The maximum atomic E-state index is 11.4. The molecule has 3 nitrogen and oxygen atoms in total. The summed E-state index contributed by atoms with van der Waals surface area (Å²) in [6, 6.07) is 1.11. The molecule has 0 bridgehead atoms. The Kier molecular flexibility index (Phi) is 4.53. The van der Waals surface area contributed by atoms with E-state index in [1.807, 2.05) is 0 Å². The maximum absolute atomic E-state index is 11.4. The van der Waals surface area contributed by atoms with Crippen LogP contribution in [0.1, 0.15) is 86.0 Å². The van der Waals surface area contributed by atoms with Crippen molar-refractivity contribution in [3.05, 3.63) is 0 Å². The van der Waals surface area contributed by atoms with Gasteiger partial charge in [-0.15, -0.1) is 0 Å². The normalized spacial score (nSPS) is 57.2. The molecule has 0 aromatic carbocycles. The molecule has 10 atom stereocenters. The Morgan fingerprint density at radius 1 is 0.900 bits per heavy atom. The zero-order valence-corrected chi connectivity index (χ0v) is 21.0. The first kappa shape index (κ1) is 21.7. The summed E-state index contributed by atoms with van der Waals surface area (Å²) in [6.45, 7) is 12.7. The molecule has 0 radical (unpaired) electrons. The van der Waals surface area contributed by atoms with Gasteiger partial charge in [-0.2, -0.15) is 0 Å². The van der Waals surface area contributed by atoms with Crippen LogP contribution < -0.4 is 5.32 Å². The lowest BCUT2D eigenvalue weighted by molar-refractivity contribution is -0.146. The third-order valence-corrected chi connectivity index (χ3v) is 12.9. The Balaban J connectivity index is 1.51. The van der Waals surface area contributed by atoms with Gasteiger partial charge in [-0.05, 0) is 118 Å². The van der Waals surface area contributed by atoms with E-state index < -0.39 is 0 Å². The Morgan fingerprint density at radius 3 is 2.17 bits per heavy atom. The number of fused-ring (bicyclic) bond motifs is 2. The first-order chi connectivity index (χ1) is 13.9. The predicted molar refractivity (Wildman–Crippen MR) is 124 cm³/mol. The average molecular weight is 417 g/mol. The lowest BCUT2D eigenvalue weighted by Gasteiger charge is -2.63. The molecule has 5 aliphatic carbocycles. The average Bonchev–Trinajstić information content (AvgIpc) is 3.27. The van der Waals surface area contributed by atoms with Gasteiger partial charge in [0.1, 0.15) is 0 Å². The van der Waals surface area contributed by atoms with Crippen LogP contribution in [0.4, 0.5) is 0 Å². The van der Waals surface area contributed by atoms with Crippen molar-refractivity contribution in [3.8, 4) is 0 Å². The van der Waals surface area contributed by atoms with Crippen molar-refractivity contribution >= 4 is 0 Å². The number of aliphatic hydroxyl groups excluding tert-OH is 1. The molecule has 5 aliphatic rings. The molecule has 0 unspecified atom stereocenters. The lowest BCUT2D eigenvalue weighted by Crippen LogP contribution is -2.59. The number of rotatable bonds is 3. The molecular weight excluding hydrogens is 368 g/mol. The molecule has 0 aromatic heterocycles. The second-order valence-electron chi connectivity index (χ2n) is 13.7. The van der Waals surface area contributed by atoms with Gasteiger partial charge < -0.3 is 15.3 Å². The highest BCUT2D eigenvalue weighted by Gasteiger charge is 2.82. The zero-order chi connectivity index (χ0) is 21.9. The van der Waals surface area contributed by atoms with Gasteiger partial charge in [0.25, 0.3) is 0 Å². The number of nitrogens with zero attached hydrogens (tertiary/aromatic N) is 1. The van der Waals surface area contributed by atoms with Gasteiger partial charge in [-0.3, -0.25) is 0 Å². The minimum Gasteiger partial charge on any atom is -0.393 e. The van der Waals surface area contributed by atoms with Gasteiger partial charge in [0.15, 0.2) is 0 Å².